The number of aliphatic hydroxyl groups is 4. The van der Waals surface area contributed by atoms with Crippen molar-refractivity contribution in [1.29, 1.82) is 0 Å². The summed E-state index contributed by atoms with van der Waals surface area (Å²) >= 11 is 0. The zero-order chi connectivity index (χ0) is 34.4. The van der Waals surface area contributed by atoms with Crippen LogP contribution in [0.25, 0.3) is 0 Å². The lowest BCUT2D eigenvalue weighted by molar-refractivity contribution is -0.694. The van der Waals surface area contributed by atoms with Crippen molar-refractivity contribution in [3.63, 3.8) is 0 Å². The molecule has 10 atom stereocenters. The summed E-state index contributed by atoms with van der Waals surface area (Å²) in [4.78, 5) is 25.2. The number of carbonyl (C=O) groups is 2. The van der Waals surface area contributed by atoms with Crippen LogP contribution in [0.3, 0.4) is 0 Å². The van der Waals surface area contributed by atoms with Crippen LogP contribution in [0.4, 0.5) is 11.4 Å². The second-order valence-electron chi connectivity index (χ2n) is 11.5. The van der Waals surface area contributed by atoms with E-state index in [1.807, 2.05) is 0 Å². The zero-order valence-corrected chi connectivity index (χ0v) is 25.9. The lowest BCUT2D eigenvalue weighted by Gasteiger charge is -2.42. The molecule has 0 amide bonds. The molecule has 4 rings (SSSR count). The largest absolute Gasteiger partial charge is 0.507 e. The number of nitrogen functional groups attached to an aromatic ring is 2. The maximum absolute atomic E-state index is 12.7. The number of carbonyl (C=O) groups excluding carboxylic acids is 2. The maximum Gasteiger partial charge on any atom is 0.342 e. The molecule has 2 saturated heterocycles. The van der Waals surface area contributed by atoms with E-state index in [4.69, 9.17) is 35.2 Å². The van der Waals surface area contributed by atoms with Gasteiger partial charge in [0.05, 0.1) is 27.3 Å². The minimum atomic E-state index is -1.43. The van der Waals surface area contributed by atoms with Crippen molar-refractivity contribution in [2.45, 2.75) is 55.0 Å². The van der Waals surface area contributed by atoms with Crippen molar-refractivity contribution in [1.82, 2.24) is 0 Å². The van der Waals surface area contributed by atoms with E-state index >= 15 is 0 Å². The first-order valence-corrected chi connectivity index (χ1v) is 15.1. The number of ether oxygens (including phenoxy) is 5. The number of hydrogen-bond acceptors (Lipinski definition) is 15. The van der Waals surface area contributed by atoms with Crippen LogP contribution < -0.4 is 22.1 Å². The number of nitrogens with two attached hydrogens (primary N) is 4. The Kier molecular flexibility index (Phi) is 12.2. The normalized spacial score (nSPS) is 30.9. The number of phenolic OH excluding ortho intramolecular Hbond substituents is 2. The predicted octanol–water partition coefficient (Wildman–Crippen LogP) is -4.40. The van der Waals surface area contributed by atoms with Gasteiger partial charge in [-0.3, -0.25) is 0 Å². The average molecular weight is 669 g/mol. The number of hydrogen-bond donors (Lipinski definition) is 10. The molecule has 0 aliphatic carbocycles. The molecular formula is C30H44N4O13+2. The molecule has 47 heavy (non-hydrogen) atoms. The predicted molar refractivity (Wildman–Crippen MR) is 161 cm³/mol. The number of phenols is 2. The Morgan fingerprint density at radius 3 is 1.77 bits per heavy atom. The van der Waals surface area contributed by atoms with E-state index in [2.05, 4.69) is 0 Å². The Balaban J connectivity index is 1.40. The Hall–Kier alpha value is -3.78. The average Bonchev–Trinajstić information content (AvgIpc) is 3.04. The molecule has 2 aliphatic heterocycles. The molecule has 2 aromatic rings. The molecule has 2 heterocycles. The quantitative estimate of drug-likeness (QED) is 0.0580. The van der Waals surface area contributed by atoms with Crippen molar-refractivity contribution in [3.05, 3.63) is 47.5 Å². The van der Waals surface area contributed by atoms with Crippen LogP contribution in [0.5, 0.6) is 11.5 Å². The van der Waals surface area contributed by atoms with E-state index in [0.717, 1.165) is 0 Å². The van der Waals surface area contributed by atoms with Gasteiger partial charge < -0.3 is 76.4 Å². The van der Waals surface area contributed by atoms with E-state index in [1.165, 1.54) is 36.4 Å². The monoisotopic (exact) mass is 668 g/mol. The summed E-state index contributed by atoms with van der Waals surface area (Å²) in [7, 11) is 3.32. The minimum Gasteiger partial charge on any atom is -0.507 e. The summed E-state index contributed by atoms with van der Waals surface area (Å²) in [6, 6.07) is 6.32. The highest BCUT2D eigenvalue weighted by Crippen LogP contribution is 2.28. The highest BCUT2D eigenvalue weighted by atomic mass is 16.6. The van der Waals surface area contributed by atoms with Crippen molar-refractivity contribution in [2.24, 2.45) is 5.92 Å². The Labute approximate surface area is 269 Å². The second-order valence-corrected chi connectivity index (χ2v) is 11.5. The lowest BCUT2D eigenvalue weighted by Crippen LogP contribution is -2.94. The van der Waals surface area contributed by atoms with Gasteiger partial charge in [-0.15, -0.1) is 0 Å². The first kappa shape index (κ1) is 36.1. The van der Waals surface area contributed by atoms with Crippen LogP contribution in [-0.4, -0.2) is 138 Å². The summed E-state index contributed by atoms with van der Waals surface area (Å²) in [6.45, 7) is -1.17. The molecule has 2 aliphatic rings. The van der Waals surface area contributed by atoms with E-state index < -0.39 is 86.1 Å². The van der Waals surface area contributed by atoms with Gasteiger partial charge in [0.2, 0.25) is 6.29 Å². The van der Waals surface area contributed by atoms with Crippen LogP contribution in [0, 0.1) is 5.92 Å². The summed E-state index contributed by atoms with van der Waals surface area (Å²) in [5, 5.41) is 66.4. The first-order valence-electron chi connectivity index (χ1n) is 15.1. The van der Waals surface area contributed by atoms with Gasteiger partial charge >= 0.3 is 11.9 Å². The van der Waals surface area contributed by atoms with E-state index in [0.29, 0.717) is 0 Å². The smallest absolute Gasteiger partial charge is 0.342 e. The molecule has 2 fully saturated rings. The molecule has 0 spiro atoms. The summed E-state index contributed by atoms with van der Waals surface area (Å²) in [5.41, 5.74) is 11.5. The van der Waals surface area contributed by atoms with Gasteiger partial charge in [0.15, 0.2) is 6.04 Å². The molecule has 260 valence electrons. The van der Waals surface area contributed by atoms with Crippen molar-refractivity contribution in [2.75, 3.05) is 52.0 Å². The van der Waals surface area contributed by atoms with E-state index in [9.17, 15) is 40.2 Å². The van der Waals surface area contributed by atoms with Crippen LogP contribution >= 0.6 is 0 Å². The van der Waals surface area contributed by atoms with Crippen molar-refractivity contribution >= 4 is 23.3 Å². The molecule has 14 N–H and O–H groups in total. The SMILES string of the molecule is C[NH2+]C1[C@H](COC[C@H]2C(COC(=O)c3cc(N)ccc3O)O[C@@H](O)C([NH2+]C)[C@H]2O)OC(COC(=O)c2cc(N)ccc2O)[C@H](O)[C@@H]1O. The number of quaternary nitrogens is 2. The molecule has 17 nitrogen and oxygen atoms in total. The molecular weight excluding hydrogens is 624 g/mol. The number of esters is 2. The third kappa shape index (κ3) is 8.39. The molecule has 17 heteroatoms. The van der Waals surface area contributed by atoms with Gasteiger partial charge in [0, 0.05) is 17.3 Å². The number of benzene rings is 2. The molecule has 4 unspecified atom stereocenters. The Morgan fingerprint density at radius 2 is 1.23 bits per heavy atom. The van der Waals surface area contributed by atoms with Gasteiger partial charge in [-0.2, -0.15) is 0 Å². The fraction of sp³-hybridized carbons (Fsp3) is 0.533. The highest BCUT2D eigenvalue weighted by Gasteiger charge is 2.49. The molecule has 2 aromatic carbocycles. The molecule has 0 bridgehead atoms. The number of rotatable bonds is 12. The fourth-order valence-electron chi connectivity index (χ4n) is 5.76. The summed E-state index contributed by atoms with van der Waals surface area (Å²) in [6.07, 6.45) is -8.30. The summed E-state index contributed by atoms with van der Waals surface area (Å²) < 4.78 is 28.2. The minimum absolute atomic E-state index is 0.144. The van der Waals surface area contributed by atoms with E-state index in [-0.39, 0.29) is 47.2 Å². The van der Waals surface area contributed by atoms with Gasteiger partial charge in [-0.25, -0.2) is 9.59 Å². The maximum atomic E-state index is 12.7. The van der Waals surface area contributed by atoms with Crippen LogP contribution in [0.1, 0.15) is 20.7 Å². The van der Waals surface area contributed by atoms with Crippen molar-refractivity contribution < 1.29 is 74.5 Å². The van der Waals surface area contributed by atoms with Crippen LogP contribution in [0.2, 0.25) is 0 Å². The number of aliphatic hydroxyl groups excluding tert-OH is 4. The molecule has 0 saturated carbocycles. The third-order valence-electron chi connectivity index (χ3n) is 8.46. The van der Waals surface area contributed by atoms with Crippen molar-refractivity contribution in [3.8, 4) is 11.5 Å². The van der Waals surface area contributed by atoms with Gasteiger partial charge in [0.25, 0.3) is 0 Å². The standard InChI is InChI=1S/C30H42N4O13/c1-33-23-21(46-22(26(38)27(23)39)12-45-29(41)16-8-14(32)4-6-19(16)36)10-43-9-17-20(47-30(42)24(34-2)25(17)37)11-44-28(40)15-7-13(31)3-5-18(15)35/h3-8,17,20-27,30,33-39,42H,9-12,31-32H2,1-2H3/p+2/t17-,20?,21-,22?,23?,24?,25-,26-,27+,30+/m0/s1. The van der Waals surface area contributed by atoms with Crippen LogP contribution in [0.15, 0.2) is 36.4 Å². The fourth-order valence-corrected chi connectivity index (χ4v) is 5.76. The zero-order valence-electron chi connectivity index (χ0n) is 25.9. The van der Waals surface area contributed by atoms with Gasteiger partial charge in [-0.05, 0) is 36.4 Å². The molecule has 0 aromatic heterocycles. The first-order chi connectivity index (χ1) is 22.4. The summed E-state index contributed by atoms with van der Waals surface area (Å²) in [5.74, 6) is -3.30. The molecule has 0 radical (unpaired) electrons. The Bertz CT molecular complexity index is 1380. The third-order valence-corrected chi connectivity index (χ3v) is 8.46. The highest BCUT2D eigenvalue weighted by molar-refractivity contribution is 5.94. The van der Waals surface area contributed by atoms with Crippen LogP contribution in [-0.2, 0) is 23.7 Å². The number of aromatic hydroxyl groups is 2. The number of likely N-dealkylation sites (N-methyl/N-ethyl adjacent to an activating group) is 2. The lowest BCUT2D eigenvalue weighted by atomic mass is 9.88. The van der Waals surface area contributed by atoms with Gasteiger partial charge in [-0.1, -0.05) is 0 Å². The second kappa shape index (κ2) is 15.9. The Morgan fingerprint density at radius 1 is 0.702 bits per heavy atom. The van der Waals surface area contributed by atoms with E-state index in [1.54, 1.807) is 24.7 Å². The van der Waals surface area contributed by atoms with Gasteiger partial charge in [0.1, 0.15) is 78.5 Å². The number of anilines is 2. The topological polar surface area (TPSA) is 287 Å².